The van der Waals surface area contributed by atoms with Gasteiger partial charge >= 0.3 is 0 Å². The van der Waals surface area contributed by atoms with Gasteiger partial charge in [0.15, 0.2) is 0 Å². The number of nitro groups is 1. The summed E-state index contributed by atoms with van der Waals surface area (Å²) in [7, 11) is 6.25. The molecule has 0 heterocycles. The molecule has 3 rings (SSSR count). The molecule has 156 valence electrons. The predicted molar refractivity (Wildman–Crippen MR) is 113 cm³/mol. The maximum atomic E-state index is 11.8. The van der Waals surface area contributed by atoms with Crippen LogP contribution < -0.4 is 18.9 Å². The Morgan fingerprint density at radius 3 is 1.63 bits per heavy atom. The molecule has 0 aliphatic heterocycles. The molecule has 0 spiro atoms. The Hall–Kier alpha value is -3.74. The van der Waals surface area contributed by atoms with Crippen molar-refractivity contribution in [2.24, 2.45) is 0 Å². The van der Waals surface area contributed by atoms with Gasteiger partial charge in [0.1, 0.15) is 23.0 Å². The summed E-state index contributed by atoms with van der Waals surface area (Å²) in [5.74, 6) is 1.83. The molecule has 7 heteroatoms. The third kappa shape index (κ3) is 4.00. The van der Waals surface area contributed by atoms with Crippen molar-refractivity contribution in [2.45, 2.75) is 5.92 Å². The summed E-state index contributed by atoms with van der Waals surface area (Å²) in [5, 5.41) is 11.8. The van der Waals surface area contributed by atoms with Gasteiger partial charge in [-0.1, -0.05) is 30.3 Å². The first-order valence-corrected chi connectivity index (χ1v) is 9.21. The van der Waals surface area contributed by atoms with Gasteiger partial charge in [0.25, 0.3) is 5.69 Å². The summed E-state index contributed by atoms with van der Waals surface area (Å²) in [6.45, 7) is 0. The Kier molecular flexibility index (Phi) is 6.41. The molecule has 0 bridgehead atoms. The van der Waals surface area contributed by atoms with E-state index in [2.05, 4.69) is 0 Å². The lowest BCUT2D eigenvalue weighted by Gasteiger charge is -2.23. The number of nitro benzene ring substituents is 1. The van der Waals surface area contributed by atoms with Crippen LogP contribution >= 0.6 is 0 Å². The molecule has 7 nitrogen and oxygen atoms in total. The van der Waals surface area contributed by atoms with Crippen LogP contribution in [0.3, 0.4) is 0 Å². The highest BCUT2D eigenvalue weighted by molar-refractivity contribution is 5.60. The highest BCUT2D eigenvalue weighted by atomic mass is 16.6. The molecular formula is C23H23NO6. The molecule has 0 aromatic heterocycles. The minimum atomic E-state index is -0.520. The van der Waals surface area contributed by atoms with Crippen molar-refractivity contribution in [1.82, 2.24) is 0 Å². The number of hydrogen-bond acceptors (Lipinski definition) is 6. The molecular weight excluding hydrogens is 386 g/mol. The van der Waals surface area contributed by atoms with E-state index < -0.39 is 5.92 Å². The summed E-state index contributed by atoms with van der Waals surface area (Å²) >= 11 is 0. The minimum Gasteiger partial charge on any atom is -0.497 e. The second kappa shape index (κ2) is 9.17. The van der Waals surface area contributed by atoms with Crippen LogP contribution in [-0.2, 0) is 0 Å². The average molecular weight is 409 g/mol. The standard InChI is InChI=1S/C23H23NO6/c1-27-15-9-11-18(21(13-15)29-3)23(17-7-5-6-8-20(17)24(25)26)19-12-10-16(28-2)14-22(19)30-4/h5-14,23H,1-4H3. The van der Waals surface area contributed by atoms with Gasteiger partial charge in [-0.15, -0.1) is 0 Å². The molecule has 0 aliphatic rings. The van der Waals surface area contributed by atoms with Crippen molar-refractivity contribution >= 4 is 5.69 Å². The summed E-state index contributed by atoms with van der Waals surface area (Å²) in [5.41, 5.74) is 2.03. The van der Waals surface area contributed by atoms with E-state index in [-0.39, 0.29) is 10.6 Å². The van der Waals surface area contributed by atoms with Gasteiger partial charge in [0, 0.05) is 40.8 Å². The van der Waals surface area contributed by atoms with E-state index >= 15 is 0 Å². The minimum absolute atomic E-state index is 0.0123. The molecule has 0 fully saturated rings. The number of rotatable bonds is 8. The number of nitrogens with zero attached hydrogens (tertiary/aromatic N) is 1. The van der Waals surface area contributed by atoms with Crippen molar-refractivity contribution in [3.05, 3.63) is 87.5 Å². The second-order valence-electron chi connectivity index (χ2n) is 6.46. The van der Waals surface area contributed by atoms with Gasteiger partial charge in [-0.2, -0.15) is 0 Å². The first kappa shape index (κ1) is 21.0. The van der Waals surface area contributed by atoms with E-state index in [1.807, 2.05) is 12.1 Å². The Balaban J connectivity index is 2.34. The summed E-state index contributed by atoms with van der Waals surface area (Å²) < 4.78 is 21.9. The molecule has 0 saturated heterocycles. The third-order valence-corrected chi connectivity index (χ3v) is 4.95. The maximum absolute atomic E-state index is 11.8. The molecule has 30 heavy (non-hydrogen) atoms. The van der Waals surface area contributed by atoms with Gasteiger partial charge in [-0.3, -0.25) is 10.1 Å². The van der Waals surface area contributed by atoms with Crippen LogP contribution in [0, 0.1) is 10.1 Å². The van der Waals surface area contributed by atoms with Gasteiger partial charge in [0.2, 0.25) is 0 Å². The monoisotopic (exact) mass is 409 g/mol. The molecule has 0 atom stereocenters. The highest BCUT2D eigenvalue weighted by Crippen LogP contribution is 2.45. The van der Waals surface area contributed by atoms with Gasteiger partial charge < -0.3 is 18.9 Å². The number of methoxy groups -OCH3 is 4. The lowest BCUT2D eigenvalue weighted by molar-refractivity contribution is -0.385. The average Bonchev–Trinajstić information content (AvgIpc) is 2.79. The Morgan fingerprint density at radius 1 is 0.700 bits per heavy atom. The first-order chi connectivity index (χ1) is 14.5. The van der Waals surface area contributed by atoms with E-state index in [1.165, 1.54) is 6.07 Å². The third-order valence-electron chi connectivity index (χ3n) is 4.95. The number of para-hydroxylation sites is 1. The van der Waals surface area contributed by atoms with Crippen LogP contribution in [0.25, 0.3) is 0 Å². The first-order valence-electron chi connectivity index (χ1n) is 9.21. The smallest absolute Gasteiger partial charge is 0.273 e. The number of hydrogen-bond donors (Lipinski definition) is 0. The molecule has 0 aliphatic carbocycles. The van der Waals surface area contributed by atoms with Crippen molar-refractivity contribution < 1.29 is 23.9 Å². The fraction of sp³-hybridized carbons (Fsp3) is 0.217. The van der Waals surface area contributed by atoms with Crippen molar-refractivity contribution in [2.75, 3.05) is 28.4 Å². The number of ether oxygens (including phenoxy) is 4. The molecule has 3 aromatic rings. The Morgan fingerprint density at radius 2 is 1.20 bits per heavy atom. The normalized spacial score (nSPS) is 10.6. The molecule has 3 aromatic carbocycles. The zero-order chi connectivity index (χ0) is 21.7. The van der Waals surface area contributed by atoms with Crippen LogP contribution in [0.2, 0.25) is 0 Å². The van der Waals surface area contributed by atoms with Crippen LogP contribution in [0.15, 0.2) is 60.7 Å². The largest absolute Gasteiger partial charge is 0.497 e. The van der Waals surface area contributed by atoms with Crippen molar-refractivity contribution in [3.63, 3.8) is 0 Å². The van der Waals surface area contributed by atoms with Gasteiger partial charge in [-0.25, -0.2) is 0 Å². The van der Waals surface area contributed by atoms with Crippen molar-refractivity contribution in [3.8, 4) is 23.0 Å². The predicted octanol–water partition coefficient (Wildman–Crippen LogP) is 4.81. The summed E-state index contributed by atoms with van der Waals surface area (Å²) in [6, 6.07) is 17.5. The zero-order valence-corrected chi connectivity index (χ0v) is 17.2. The molecule has 0 N–H and O–H groups in total. The molecule has 0 saturated carbocycles. The quantitative estimate of drug-likeness (QED) is 0.302. The van der Waals surface area contributed by atoms with E-state index in [9.17, 15) is 10.1 Å². The molecule has 0 radical (unpaired) electrons. The van der Waals surface area contributed by atoms with Crippen molar-refractivity contribution in [1.29, 1.82) is 0 Å². The summed E-state index contributed by atoms with van der Waals surface area (Å²) in [4.78, 5) is 11.4. The second-order valence-corrected chi connectivity index (χ2v) is 6.46. The van der Waals surface area contributed by atoms with E-state index in [0.717, 1.165) is 11.1 Å². The SMILES string of the molecule is COc1ccc(C(c2ccc(OC)cc2OC)c2ccccc2[N+](=O)[O-])c(OC)c1. The number of benzene rings is 3. The lowest BCUT2D eigenvalue weighted by atomic mass is 9.83. The zero-order valence-electron chi connectivity index (χ0n) is 17.2. The van der Waals surface area contributed by atoms with E-state index in [0.29, 0.717) is 28.6 Å². The Bertz CT molecular complexity index is 994. The fourth-order valence-corrected chi connectivity index (χ4v) is 3.51. The topological polar surface area (TPSA) is 80.1 Å². The van der Waals surface area contributed by atoms with Crippen LogP contribution in [0.4, 0.5) is 5.69 Å². The van der Waals surface area contributed by atoms with E-state index in [4.69, 9.17) is 18.9 Å². The molecule has 0 amide bonds. The molecule has 0 unspecified atom stereocenters. The van der Waals surface area contributed by atoms with Gasteiger partial charge in [-0.05, 0) is 12.1 Å². The van der Waals surface area contributed by atoms with E-state index in [1.54, 1.807) is 70.9 Å². The van der Waals surface area contributed by atoms with Crippen LogP contribution in [-0.4, -0.2) is 33.4 Å². The van der Waals surface area contributed by atoms with Gasteiger partial charge in [0.05, 0.1) is 33.4 Å². The van der Waals surface area contributed by atoms with Crippen LogP contribution in [0.5, 0.6) is 23.0 Å². The maximum Gasteiger partial charge on any atom is 0.273 e. The van der Waals surface area contributed by atoms with Crippen LogP contribution in [0.1, 0.15) is 22.6 Å². The lowest BCUT2D eigenvalue weighted by Crippen LogP contribution is -2.10. The highest BCUT2D eigenvalue weighted by Gasteiger charge is 2.30. The fourth-order valence-electron chi connectivity index (χ4n) is 3.51. The Labute approximate surface area is 174 Å². The summed E-state index contributed by atoms with van der Waals surface area (Å²) in [6.07, 6.45) is 0.